The number of hydrogen-bond donors (Lipinski definition) is 1. The molecule has 1 aliphatic heterocycles. The summed E-state index contributed by atoms with van der Waals surface area (Å²) in [4.78, 5) is 27.2. The molecule has 0 unspecified atom stereocenters. The highest BCUT2D eigenvalue weighted by molar-refractivity contribution is 9.10. The Hall–Kier alpha value is -3.46. The van der Waals surface area contributed by atoms with Gasteiger partial charge in [-0.3, -0.25) is 4.79 Å². The van der Waals surface area contributed by atoms with Gasteiger partial charge in [0.2, 0.25) is 0 Å². The van der Waals surface area contributed by atoms with Crippen LogP contribution in [0, 0.1) is 0 Å². The standard InChI is InChI=1S/C30H34BrNO7/c1-7-38-25-15-19(11-20(31)29(25)37-6)27-26(30(34)39-8-2)16(3)32-21-12-18(13-22(33)28(21)27)17-9-10-23(35-4)24(14-17)36-5/h9-11,14-15,18,27,32H,7-8,12-13H2,1-6H3/t18-,27-/m0/s1. The monoisotopic (exact) mass is 599 g/mol. The minimum Gasteiger partial charge on any atom is -0.493 e. The van der Waals surface area contributed by atoms with Gasteiger partial charge in [-0.25, -0.2) is 4.79 Å². The second-order valence-corrected chi connectivity index (χ2v) is 10.2. The van der Waals surface area contributed by atoms with E-state index in [2.05, 4.69) is 21.2 Å². The molecule has 8 nitrogen and oxygen atoms in total. The molecule has 39 heavy (non-hydrogen) atoms. The van der Waals surface area contributed by atoms with Crippen LogP contribution in [-0.4, -0.2) is 46.3 Å². The Kier molecular flexibility index (Phi) is 8.90. The quantitative estimate of drug-likeness (QED) is 0.362. The number of rotatable bonds is 9. The van der Waals surface area contributed by atoms with Crippen molar-refractivity contribution in [3.63, 3.8) is 0 Å². The lowest BCUT2D eigenvalue weighted by Crippen LogP contribution is -2.36. The van der Waals surface area contributed by atoms with Crippen molar-refractivity contribution in [2.45, 2.75) is 45.4 Å². The lowest BCUT2D eigenvalue weighted by molar-refractivity contribution is -0.138. The van der Waals surface area contributed by atoms with Crippen molar-refractivity contribution in [1.82, 2.24) is 5.32 Å². The van der Waals surface area contributed by atoms with E-state index >= 15 is 0 Å². The van der Waals surface area contributed by atoms with E-state index < -0.39 is 11.9 Å². The molecule has 208 valence electrons. The van der Waals surface area contributed by atoms with E-state index in [1.165, 1.54) is 0 Å². The Labute approximate surface area is 237 Å². The number of esters is 1. The lowest BCUT2D eigenvalue weighted by Gasteiger charge is -2.37. The van der Waals surface area contributed by atoms with Gasteiger partial charge in [0.1, 0.15) is 0 Å². The first-order chi connectivity index (χ1) is 18.8. The van der Waals surface area contributed by atoms with Crippen LogP contribution in [0.4, 0.5) is 0 Å². The molecule has 1 aliphatic carbocycles. The first-order valence-corrected chi connectivity index (χ1v) is 13.7. The SMILES string of the molecule is CCOC(=O)C1=C(C)NC2=C(C(=O)C[C@@H](c3ccc(OC)c(OC)c3)C2)[C@H]1c1cc(Br)c(OC)c(OCC)c1. The minimum atomic E-state index is -0.624. The van der Waals surface area contributed by atoms with Crippen LogP contribution in [-0.2, 0) is 14.3 Å². The Morgan fingerprint density at radius 2 is 1.67 bits per heavy atom. The van der Waals surface area contributed by atoms with E-state index in [4.69, 9.17) is 23.7 Å². The number of carbonyl (C=O) groups is 2. The number of carbonyl (C=O) groups excluding carboxylic acids is 2. The van der Waals surface area contributed by atoms with Crippen molar-refractivity contribution < 1.29 is 33.3 Å². The highest BCUT2D eigenvalue weighted by Gasteiger charge is 2.42. The molecule has 1 heterocycles. The Morgan fingerprint density at radius 3 is 2.31 bits per heavy atom. The van der Waals surface area contributed by atoms with Gasteiger partial charge in [-0.1, -0.05) is 6.07 Å². The van der Waals surface area contributed by atoms with Crippen LogP contribution in [0.15, 0.2) is 57.3 Å². The number of benzene rings is 2. The largest absolute Gasteiger partial charge is 0.493 e. The maximum Gasteiger partial charge on any atom is 0.336 e. The van der Waals surface area contributed by atoms with E-state index in [0.29, 0.717) is 57.3 Å². The number of nitrogens with one attached hydrogen (secondary N) is 1. The van der Waals surface area contributed by atoms with Crippen LogP contribution < -0.4 is 24.3 Å². The molecule has 2 aliphatic rings. The number of allylic oxidation sites excluding steroid dienone is 3. The second-order valence-electron chi connectivity index (χ2n) is 9.32. The van der Waals surface area contributed by atoms with E-state index in [9.17, 15) is 9.59 Å². The smallest absolute Gasteiger partial charge is 0.336 e. The molecule has 0 saturated carbocycles. The topological polar surface area (TPSA) is 92.3 Å². The van der Waals surface area contributed by atoms with Gasteiger partial charge in [0.25, 0.3) is 0 Å². The highest BCUT2D eigenvalue weighted by atomic mass is 79.9. The maximum atomic E-state index is 13.9. The number of halogens is 1. The molecule has 0 aromatic heterocycles. The lowest BCUT2D eigenvalue weighted by atomic mass is 9.71. The molecule has 4 rings (SSSR count). The van der Waals surface area contributed by atoms with E-state index in [0.717, 1.165) is 16.8 Å². The zero-order valence-corrected chi connectivity index (χ0v) is 24.7. The highest BCUT2D eigenvalue weighted by Crippen LogP contribution is 2.49. The number of Topliss-reactive ketones (excluding diaryl/α,β-unsaturated/α-hetero) is 1. The number of dihydropyridines is 1. The second kappa shape index (κ2) is 12.2. The van der Waals surface area contributed by atoms with Gasteiger partial charge in [0.15, 0.2) is 28.8 Å². The van der Waals surface area contributed by atoms with Crippen molar-refractivity contribution in [2.75, 3.05) is 34.5 Å². The summed E-state index contributed by atoms with van der Waals surface area (Å²) in [6, 6.07) is 9.46. The summed E-state index contributed by atoms with van der Waals surface area (Å²) in [6.07, 6.45) is 0.882. The molecule has 0 radical (unpaired) electrons. The van der Waals surface area contributed by atoms with Crippen molar-refractivity contribution >= 4 is 27.7 Å². The Morgan fingerprint density at radius 1 is 0.949 bits per heavy atom. The van der Waals surface area contributed by atoms with Crippen LogP contribution in [0.5, 0.6) is 23.0 Å². The summed E-state index contributed by atoms with van der Waals surface area (Å²) in [6.45, 7) is 6.15. The van der Waals surface area contributed by atoms with E-state index in [1.807, 2.05) is 44.2 Å². The minimum absolute atomic E-state index is 0.0345. The first kappa shape index (κ1) is 28.5. The van der Waals surface area contributed by atoms with E-state index in [1.54, 1.807) is 28.3 Å². The average Bonchev–Trinajstić information content (AvgIpc) is 2.91. The third-order valence-electron chi connectivity index (χ3n) is 7.07. The molecule has 0 bridgehead atoms. The molecular formula is C30H34BrNO7. The zero-order valence-electron chi connectivity index (χ0n) is 23.1. The third-order valence-corrected chi connectivity index (χ3v) is 7.66. The molecule has 2 aromatic carbocycles. The predicted octanol–water partition coefficient (Wildman–Crippen LogP) is 5.80. The molecule has 0 saturated heterocycles. The van der Waals surface area contributed by atoms with Gasteiger partial charge in [0.05, 0.1) is 44.6 Å². The van der Waals surface area contributed by atoms with Gasteiger partial charge in [-0.15, -0.1) is 0 Å². The maximum absolute atomic E-state index is 13.9. The summed E-state index contributed by atoms with van der Waals surface area (Å²) in [5.74, 6) is 1.13. The summed E-state index contributed by atoms with van der Waals surface area (Å²) < 4.78 is 28.4. The molecule has 0 amide bonds. The number of methoxy groups -OCH3 is 3. The molecular weight excluding hydrogens is 566 g/mol. The summed E-state index contributed by atoms with van der Waals surface area (Å²) in [5.41, 5.74) is 4.15. The van der Waals surface area contributed by atoms with Crippen LogP contribution in [0.1, 0.15) is 56.6 Å². The first-order valence-electron chi connectivity index (χ1n) is 12.9. The fraction of sp³-hybridized carbons (Fsp3) is 0.400. The van der Waals surface area contributed by atoms with Gasteiger partial charge in [-0.05, 0) is 84.4 Å². The van der Waals surface area contributed by atoms with Crippen LogP contribution in [0.2, 0.25) is 0 Å². The van der Waals surface area contributed by atoms with Crippen molar-refractivity contribution in [2.24, 2.45) is 0 Å². The number of hydrogen-bond acceptors (Lipinski definition) is 8. The molecule has 9 heteroatoms. The van der Waals surface area contributed by atoms with Crippen LogP contribution >= 0.6 is 15.9 Å². The van der Waals surface area contributed by atoms with Gasteiger partial charge < -0.3 is 29.0 Å². The summed E-state index contributed by atoms with van der Waals surface area (Å²) in [5, 5.41) is 3.38. The molecule has 0 fully saturated rings. The fourth-order valence-electron chi connectivity index (χ4n) is 5.41. The molecule has 2 atom stereocenters. The Balaban J connectivity index is 1.84. The summed E-state index contributed by atoms with van der Waals surface area (Å²) in [7, 11) is 4.76. The van der Waals surface area contributed by atoms with Crippen molar-refractivity contribution in [3.05, 3.63) is 68.5 Å². The van der Waals surface area contributed by atoms with E-state index in [-0.39, 0.29) is 24.7 Å². The van der Waals surface area contributed by atoms with Crippen molar-refractivity contribution in [1.29, 1.82) is 0 Å². The zero-order chi connectivity index (χ0) is 28.3. The molecule has 1 N–H and O–H groups in total. The molecule has 0 spiro atoms. The average molecular weight is 601 g/mol. The normalized spacial score (nSPS) is 18.8. The predicted molar refractivity (Wildman–Crippen MR) is 151 cm³/mol. The fourth-order valence-corrected chi connectivity index (χ4v) is 6.03. The van der Waals surface area contributed by atoms with Crippen LogP contribution in [0.25, 0.3) is 0 Å². The summed E-state index contributed by atoms with van der Waals surface area (Å²) >= 11 is 3.59. The number of ether oxygens (including phenoxy) is 5. The van der Waals surface area contributed by atoms with Gasteiger partial charge in [0, 0.05) is 29.3 Å². The third kappa shape index (κ3) is 5.50. The molecule has 2 aromatic rings. The van der Waals surface area contributed by atoms with Crippen LogP contribution in [0.3, 0.4) is 0 Å². The Bertz CT molecular complexity index is 1350. The van der Waals surface area contributed by atoms with Gasteiger partial charge >= 0.3 is 5.97 Å². The number of ketones is 1. The van der Waals surface area contributed by atoms with Crippen molar-refractivity contribution in [3.8, 4) is 23.0 Å². The van der Waals surface area contributed by atoms with Gasteiger partial charge in [-0.2, -0.15) is 0 Å².